The third-order valence-corrected chi connectivity index (χ3v) is 3.32. The molecule has 0 saturated heterocycles. The molecule has 0 fully saturated rings. The van der Waals surface area contributed by atoms with Crippen LogP contribution >= 0.6 is 0 Å². The van der Waals surface area contributed by atoms with E-state index < -0.39 is 9.84 Å². The van der Waals surface area contributed by atoms with Crippen LogP contribution in [0.5, 0.6) is 0 Å². The molecule has 1 aromatic rings. The second kappa shape index (κ2) is 5.25. The highest BCUT2D eigenvalue weighted by Crippen LogP contribution is 2.08. The molecule has 0 saturated carbocycles. The van der Waals surface area contributed by atoms with Gasteiger partial charge in [-0.3, -0.25) is 4.79 Å². The number of hydrogen-bond donors (Lipinski definition) is 0. The summed E-state index contributed by atoms with van der Waals surface area (Å²) in [6.07, 6.45) is 1.87. The van der Waals surface area contributed by atoms with Gasteiger partial charge in [-0.1, -0.05) is 29.8 Å². The Morgan fingerprint density at radius 2 is 1.75 bits per heavy atom. The molecule has 0 aliphatic rings. The first-order valence-corrected chi connectivity index (χ1v) is 7.22. The van der Waals surface area contributed by atoms with Crippen LogP contribution in [0.4, 0.5) is 0 Å². The van der Waals surface area contributed by atoms with E-state index in [1.807, 2.05) is 19.1 Å². The molecule has 1 aromatic carbocycles. The Hall–Kier alpha value is -1.16. The molecule has 0 aliphatic heterocycles. The second-order valence-electron chi connectivity index (χ2n) is 4.02. The Kier molecular flexibility index (Phi) is 4.24. The average Bonchev–Trinajstić information content (AvgIpc) is 2.16. The molecule has 88 valence electrons. The zero-order valence-electron chi connectivity index (χ0n) is 9.56. The van der Waals surface area contributed by atoms with Crippen molar-refractivity contribution in [1.29, 1.82) is 0 Å². The molecule has 0 spiro atoms. The van der Waals surface area contributed by atoms with E-state index in [0.29, 0.717) is 12.0 Å². The Balaban J connectivity index is 2.50. The third-order valence-electron chi connectivity index (χ3n) is 2.29. The predicted molar refractivity (Wildman–Crippen MR) is 64.5 cm³/mol. The maximum Gasteiger partial charge on any atom is 0.162 e. The molecule has 0 heterocycles. The summed E-state index contributed by atoms with van der Waals surface area (Å²) in [4.78, 5) is 11.6. The van der Waals surface area contributed by atoms with Gasteiger partial charge >= 0.3 is 0 Å². The lowest BCUT2D eigenvalue weighted by Crippen LogP contribution is -2.06. The van der Waals surface area contributed by atoms with Crippen LogP contribution in [0, 0.1) is 6.92 Å². The van der Waals surface area contributed by atoms with Crippen molar-refractivity contribution in [3.05, 3.63) is 35.4 Å². The first-order chi connectivity index (χ1) is 7.38. The van der Waals surface area contributed by atoms with E-state index in [9.17, 15) is 13.2 Å². The van der Waals surface area contributed by atoms with E-state index in [-0.39, 0.29) is 18.0 Å². The number of carbonyl (C=O) groups excluding carboxylic acids is 1. The first kappa shape index (κ1) is 12.9. The van der Waals surface area contributed by atoms with E-state index in [2.05, 4.69) is 0 Å². The summed E-state index contributed by atoms with van der Waals surface area (Å²) in [5, 5.41) is 0. The zero-order chi connectivity index (χ0) is 12.2. The van der Waals surface area contributed by atoms with Crippen molar-refractivity contribution in [1.82, 2.24) is 0 Å². The van der Waals surface area contributed by atoms with Gasteiger partial charge in [0.05, 0.1) is 5.75 Å². The highest BCUT2D eigenvalue weighted by atomic mass is 32.2. The lowest BCUT2D eigenvalue weighted by Gasteiger charge is -2.01. The minimum absolute atomic E-state index is 0.00338. The Morgan fingerprint density at radius 3 is 2.25 bits per heavy atom. The van der Waals surface area contributed by atoms with Gasteiger partial charge in [0.2, 0.25) is 0 Å². The van der Waals surface area contributed by atoms with Crippen LogP contribution in [0.1, 0.15) is 28.8 Å². The molecule has 0 unspecified atom stereocenters. The largest absolute Gasteiger partial charge is 0.294 e. The molecule has 0 N–H and O–H groups in total. The van der Waals surface area contributed by atoms with Crippen LogP contribution in [-0.2, 0) is 9.84 Å². The number of hydrogen-bond acceptors (Lipinski definition) is 3. The maximum absolute atomic E-state index is 11.6. The van der Waals surface area contributed by atoms with Crippen LogP contribution in [-0.4, -0.2) is 26.2 Å². The Labute approximate surface area is 96.4 Å². The monoisotopic (exact) mass is 240 g/mol. The van der Waals surface area contributed by atoms with Gasteiger partial charge in [0.25, 0.3) is 0 Å². The van der Waals surface area contributed by atoms with E-state index >= 15 is 0 Å². The Morgan fingerprint density at radius 1 is 1.19 bits per heavy atom. The topological polar surface area (TPSA) is 51.2 Å². The summed E-state index contributed by atoms with van der Waals surface area (Å²) in [6.45, 7) is 1.96. The van der Waals surface area contributed by atoms with Crippen molar-refractivity contribution in [3.63, 3.8) is 0 Å². The number of benzene rings is 1. The molecule has 0 aromatic heterocycles. The number of Topliss-reactive ketones (excluding diaryl/α,β-unsaturated/α-hetero) is 1. The van der Waals surface area contributed by atoms with Crippen molar-refractivity contribution in [2.45, 2.75) is 19.8 Å². The van der Waals surface area contributed by atoms with Gasteiger partial charge in [-0.05, 0) is 13.3 Å². The van der Waals surface area contributed by atoms with Crippen LogP contribution in [0.2, 0.25) is 0 Å². The second-order valence-corrected chi connectivity index (χ2v) is 6.28. The van der Waals surface area contributed by atoms with Crippen molar-refractivity contribution in [2.24, 2.45) is 0 Å². The number of carbonyl (C=O) groups is 1. The maximum atomic E-state index is 11.6. The summed E-state index contributed by atoms with van der Waals surface area (Å²) in [6, 6.07) is 7.31. The molecule has 1 rings (SSSR count). The van der Waals surface area contributed by atoms with Crippen molar-refractivity contribution >= 4 is 15.6 Å². The SMILES string of the molecule is Cc1ccc(C(=O)CCCS(C)(=O)=O)cc1. The number of ketones is 1. The molecule has 16 heavy (non-hydrogen) atoms. The molecule has 4 heteroatoms. The van der Waals surface area contributed by atoms with Gasteiger partial charge in [-0.25, -0.2) is 8.42 Å². The third kappa shape index (κ3) is 4.57. The number of aryl methyl sites for hydroxylation is 1. The minimum atomic E-state index is -2.96. The van der Waals surface area contributed by atoms with Crippen molar-refractivity contribution in [3.8, 4) is 0 Å². The van der Waals surface area contributed by atoms with E-state index in [1.165, 1.54) is 6.26 Å². The Bertz CT molecular complexity index is 458. The fourth-order valence-electron chi connectivity index (χ4n) is 1.38. The molecule has 3 nitrogen and oxygen atoms in total. The summed E-state index contributed by atoms with van der Waals surface area (Å²) < 4.78 is 21.8. The van der Waals surface area contributed by atoms with Crippen molar-refractivity contribution in [2.75, 3.05) is 12.0 Å². The fraction of sp³-hybridized carbons (Fsp3) is 0.417. The van der Waals surface area contributed by atoms with E-state index in [1.54, 1.807) is 12.1 Å². The van der Waals surface area contributed by atoms with Gasteiger partial charge in [0.15, 0.2) is 5.78 Å². The zero-order valence-corrected chi connectivity index (χ0v) is 10.4. The van der Waals surface area contributed by atoms with Crippen LogP contribution in [0.25, 0.3) is 0 Å². The number of sulfone groups is 1. The average molecular weight is 240 g/mol. The predicted octanol–water partition coefficient (Wildman–Crippen LogP) is 2.00. The van der Waals surface area contributed by atoms with Gasteiger partial charge in [-0.2, -0.15) is 0 Å². The van der Waals surface area contributed by atoms with E-state index in [0.717, 1.165) is 5.56 Å². The molecule has 0 radical (unpaired) electrons. The van der Waals surface area contributed by atoms with Gasteiger partial charge in [0.1, 0.15) is 9.84 Å². The lowest BCUT2D eigenvalue weighted by atomic mass is 10.1. The van der Waals surface area contributed by atoms with Crippen LogP contribution in [0.15, 0.2) is 24.3 Å². The molecule has 0 bridgehead atoms. The first-order valence-electron chi connectivity index (χ1n) is 5.16. The highest BCUT2D eigenvalue weighted by molar-refractivity contribution is 7.90. The lowest BCUT2D eigenvalue weighted by molar-refractivity contribution is 0.0982. The van der Waals surface area contributed by atoms with E-state index in [4.69, 9.17) is 0 Å². The molecular weight excluding hydrogens is 224 g/mol. The molecular formula is C12H16O3S. The number of rotatable bonds is 5. The summed E-state index contributed by atoms with van der Waals surface area (Å²) >= 11 is 0. The normalized spacial score (nSPS) is 11.4. The standard InChI is InChI=1S/C12H16O3S/c1-10-5-7-11(8-6-10)12(13)4-3-9-16(2,14)15/h5-8H,3-4,9H2,1-2H3. The van der Waals surface area contributed by atoms with Crippen molar-refractivity contribution < 1.29 is 13.2 Å². The van der Waals surface area contributed by atoms with Gasteiger partial charge in [-0.15, -0.1) is 0 Å². The van der Waals surface area contributed by atoms with Gasteiger partial charge in [0, 0.05) is 18.2 Å². The smallest absolute Gasteiger partial charge is 0.162 e. The summed E-state index contributed by atoms with van der Waals surface area (Å²) in [5.41, 5.74) is 1.76. The molecule has 0 aliphatic carbocycles. The van der Waals surface area contributed by atoms with Crippen LogP contribution < -0.4 is 0 Å². The fourth-order valence-corrected chi connectivity index (χ4v) is 2.05. The minimum Gasteiger partial charge on any atom is -0.294 e. The summed E-state index contributed by atoms with van der Waals surface area (Å²) in [7, 11) is -2.96. The molecule has 0 amide bonds. The van der Waals surface area contributed by atoms with Crippen LogP contribution in [0.3, 0.4) is 0 Å². The highest BCUT2D eigenvalue weighted by Gasteiger charge is 2.07. The quantitative estimate of drug-likeness (QED) is 0.740. The molecule has 0 atom stereocenters. The van der Waals surface area contributed by atoms with Gasteiger partial charge < -0.3 is 0 Å². The summed E-state index contributed by atoms with van der Waals surface area (Å²) in [5.74, 6) is 0.0774.